The second-order valence-electron chi connectivity index (χ2n) is 5.89. The largest absolute Gasteiger partial charge is 0.408 e. The molecule has 0 aliphatic carbocycles. The minimum atomic E-state index is -0.110. The standard InChI is InChI=1S/C14H25N5O2/c1-10(2)19(8-12-4-6-15-7-5-12)9-13(20)16-14-18-17-11(3)21-14/h10,12,15H,4-9H2,1-3H3,(H,16,18,20). The molecule has 1 aliphatic rings. The molecule has 0 spiro atoms. The summed E-state index contributed by atoms with van der Waals surface area (Å²) in [4.78, 5) is 14.3. The molecule has 0 unspecified atom stereocenters. The monoisotopic (exact) mass is 295 g/mol. The van der Waals surface area contributed by atoms with Gasteiger partial charge >= 0.3 is 6.01 Å². The van der Waals surface area contributed by atoms with Gasteiger partial charge in [0.25, 0.3) is 0 Å². The lowest BCUT2D eigenvalue weighted by Crippen LogP contribution is -2.43. The molecule has 2 N–H and O–H groups in total. The molecule has 1 aliphatic heterocycles. The summed E-state index contributed by atoms with van der Waals surface area (Å²) < 4.78 is 5.17. The van der Waals surface area contributed by atoms with Gasteiger partial charge in [-0.15, -0.1) is 5.10 Å². The van der Waals surface area contributed by atoms with Crippen LogP contribution in [0.4, 0.5) is 6.01 Å². The average molecular weight is 295 g/mol. The van der Waals surface area contributed by atoms with Crippen LogP contribution in [0.25, 0.3) is 0 Å². The van der Waals surface area contributed by atoms with Crippen LogP contribution in [0.15, 0.2) is 4.42 Å². The lowest BCUT2D eigenvalue weighted by Gasteiger charge is -2.32. The zero-order valence-electron chi connectivity index (χ0n) is 13.1. The number of piperidine rings is 1. The van der Waals surface area contributed by atoms with Crippen LogP contribution >= 0.6 is 0 Å². The molecule has 1 aromatic heterocycles. The second kappa shape index (κ2) is 7.51. The number of rotatable bonds is 6. The number of aryl methyl sites for hydroxylation is 1. The van der Waals surface area contributed by atoms with Crippen molar-refractivity contribution in [2.45, 2.75) is 39.7 Å². The molecule has 2 heterocycles. The first-order valence-corrected chi connectivity index (χ1v) is 7.59. The summed E-state index contributed by atoms with van der Waals surface area (Å²) in [6, 6.07) is 0.498. The van der Waals surface area contributed by atoms with E-state index >= 15 is 0 Å². The molecular weight excluding hydrogens is 270 g/mol. The number of nitrogens with one attached hydrogen (secondary N) is 2. The first-order valence-electron chi connectivity index (χ1n) is 7.59. The predicted molar refractivity (Wildman–Crippen MR) is 80.0 cm³/mol. The Morgan fingerprint density at radius 2 is 2.14 bits per heavy atom. The van der Waals surface area contributed by atoms with Gasteiger partial charge in [0.2, 0.25) is 11.8 Å². The molecule has 0 saturated carbocycles. The van der Waals surface area contributed by atoms with Gasteiger partial charge in [0.1, 0.15) is 0 Å². The fraction of sp³-hybridized carbons (Fsp3) is 0.786. The van der Waals surface area contributed by atoms with E-state index in [-0.39, 0.29) is 11.9 Å². The van der Waals surface area contributed by atoms with Crippen LogP contribution in [0.5, 0.6) is 0 Å². The van der Waals surface area contributed by atoms with Crippen LogP contribution in [-0.4, -0.2) is 53.2 Å². The van der Waals surface area contributed by atoms with Gasteiger partial charge in [0, 0.05) is 19.5 Å². The van der Waals surface area contributed by atoms with E-state index in [4.69, 9.17) is 4.42 Å². The second-order valence-corrected chi connectivity index (χ2v) is 5.89. The Bertz CT molecular complexity index is 454. The van der Waals surface area contributed by atoms with Gasteiger partial charge in [0.05, 0.1) is 6.54 Å². The molecule has 0 bridgehead atoms. The normalized spacial score (nSPS) is 16.6. The van der Waals surface area contributed by atoms with Gasteiger partial charge in [-0.2, -0.15) is 0 Å². The number of carbonyl (C=O) groups is 1. The molecule has 1 saturated heterocycles. The third-order valence-electron chi connectivity index (χ3n) is 3.80. The van der Waals surface area contributed by atoms with E-state index in [9.17, 15) is 4.79 Å². The molecule has 2 rings (SSSR count). The molecule has 0 atom stereocenters. The Morgan fingerprint density at radius 1 is 1.43 bits per heavy atom. The number of aromatic nitrogens is 2. The van der Waals surface area contributed by atoms with E-state index in [1.165, 1.54) is 12.8 Å². The molecule has 7 nitrogen and oxygen atoms in total. The Labute approximate surface area is 125 Å². The van der Waals surface area contributed by atoms with Crippen LogP contribution in [0, 0.1) is 12.8 Å². The molecule has 1 aromatic rings. The lowest BCUT2D eigenvalue weighted by atomic mass is 9.97. The number of hydrogen-bond donors (Lipinski definition) is 2. The van der Waals surface area contributed by atoms with Crippen LogP contribution in [0.2, 0.25) is 0 Å². The quantitative estimate of drug-likeness (QED) is 0.815. The molecule has 1 amide bonds. The number of nitrogens with zero attached hydrogens (tertiary/aromatic N) is 3. The highest BCUT2D eigenvalue weighted by Crippen LogP contribution is 2.15. The van der Waals surface area contributed by atoms with E-state index < -0.39 is 0 Å². The van der Waals surface area contributed by atoms with Crippen LogP contribution < -0.4 is 10.6 Å². The van der Waals surface area contributed by atoms with Crippen molar-refractivity contribution in [1.29, 1.82) is 0 Å². The topological polar surface area (TPSA) is 83.3 Å². The summed E-state index contributed by atoms with van der Waals surface area (Å²) in [5, 5.41) is 13.5. The maximum atomic E-state index is 12.1. The molecule has 1 fully saturated rings. The summed E-state index contributed by atoms with van der Waals surface area (Å²) >= 11 is 0. The smallest absolute Gasteiger partial charge is 0.322 e. The summed E-state index contributed by atoms with van der Waals surface area (Å²) in [5.41, 5.74) is 0. The highest BCUT2D eigenvalue weighted by Gasteiger charge is 2.21. The zero-order valence-corrected chi connectivity index (χ0v) is 13.1. The minimum absolute atomic E-state index is 0.110. The van der Waals surface area contributed by atoms with E-state index in [1.54, 1.807) is 6.92 Å². The number of carbonyl (C=O) groups excluding carboxylic acids is 1. The van der Waals surface area contributed by atoms with Gasteiger partial charge in [-0.25, -0.2) is 0 Å². The van der Waals surface area contributed by atoms with E-state index in [0.29, 0.717) is 24.4 Å². The van der Waals surface area contributed by atoms with Crippen molar-refractivity contribution < 1.29 is 9.21 Å². The van der Waals surface area contributed by atoms with Gasteiger partial charge < -0.3 is 9.73 Å². The summed E-state index contributed by atoms with van der Waals surface area (Å²) in [7, 11) is 0. The van der Waals surface area contributed by atoms with Crippen LogP contribution in [-0.2, 0) is 4.79 Å². The lowest BCUT2D eigenvalue weighted by molar-refractivity contribution is -0.118. The Kier molecular flexibility index (Phi) is 5.69. The van der Waals surface area contributed by atoms with Gasteiger partial charge in [-0.3, -0.25) is 15.0 Å². The Morgan fingerprint density at radius 3 is 2.71 bits per heavy atom. The first-order chi connectivity index (χ1) is 10.0. The van der Waals surface area contributed by atoms with Crippen molar-refractivity contribution >= 4 is 11.9 Å². The van der Waals surface area contributed by atoms with E-state index in [0.717, 1.165) is 19.6 Å². The minimum Gasteiger partial charge on any atom is -0.408 e. The third kappa shape index (κ3) is 5.09. The number of amides is 1. The highest BCUT2D eigenvalue weighted by molar-refractivity contribution is 5.90. The van der Waals surface area contributed by atoms with Crippen molar-refractivity contribution in [2.24, 2.45) is 5.92 Å². The number of anilines is 1. The summed E-state index contributed by atoms with van der Waals surface area (Å²) in [6.07, 6.45) is 2.35. The Balaban J connectivity index is 1.84. The van der Waals surface area contributed by atoms with Crippen LogP contribution in [0.3, 0.4) is 0 Å². The highest BCUT2D eigenvalue weighted by atomic mass is 16.4. The molecule has 0 radical (unpaired) electrons. The molecule has 118 valence electrons. The van der Waals surface area contributed by atoms with Gasteiger partial charge in [-0.1, -0.05) is 5.10 Å². The fourth-order valence-electron chi connectivity index (χ4n) is 2.54. The summed E-state index contributed by atoms with van der Waals surface area (Å²) in [5.74, 6) is 0.995. The SMILES string of the molecule is Cc1nnc(NC(=O)CN(CC2CCNCC2)C(C)C)o1. The maximum Gasteiger partial charge on any atom is 0.322 e. The molecular formula is C14H25N5O2. The van der Waals surface area contributed by atoms with Crippen molar-refractivity contribution in [3.8, 4) is 0 Å². The van der Waals surface area contributed by atoms with Gasteiger partial charge in [0.15, 0.2) is 0 Å². The predicted octanol–water partition coefficient (Wildman–Crippen LogP) is 1.03. The van der Waals surface area contributed by atoms with Crippen molar-refractivity contribution in [2.75, 3.05) is 31.5 Å². The van der Waals surface area contributed by atoms with Crippen LogP contribution in [0.1, 0.15) is 32.6 Å². The molecule has 0 aromatic carbocycles. The average Bonchev–Trinajstić information content (AvgIpc) is 2.84. The maximum absolute atomic E-state index is 12.1. The van der Waals surface area contributed by atoms with E-state index in [2.05, 4.69) is 39.6 Å². The van der Waals surface area contributed by atoms with Crippen molar-refractivity contribution in [3.05, 3.63) is 5.89 Å². The first kappa shape index (κ1) is 15.9. The number of hydrogen-bond acceptors (Lipinski definition) is 6. The Hall–Kier alpha value is -1.47. The molecule has 21 heavy (non-hydrogen) atoms. The zero-order chi connectivity index (χ0) is 15.2. The van der Waals surface area contributed by atoms with Crippen molar-refractivity contribution in [3.63, 3.8) is 0 Å². The van der Waals surface area contributed by atoms with Gasteiger partial charge in [-0.05, 0) is 45.7 Å². The third-order valence-corrected chi connectivity index (χ3v) is 3.80. The van der Waals surface area contributed by atoms with Crippen molar-refractivity contribution in [1.82, 2.24) is 20.4 Å². The fourth-order valence-corrected chi connectivity index (χ4v) is 2.54. The summed E-state index contributed by atoms with van der Waals surface area (Å²) in [6.45, 7) is 9.38. The molecule has 7 heteroatoms. The van der Waals surface area contributed by atoms with E-state index in [1.807, 2.05) is 0 Å².